The molecule has 0 aliphatic heterocycles. The van der Waals surface area contributed by atoms with Gasteiger partial charge < -0.3 is 11.1 Å². The van der Waals surface area contributed by atoms with E-state index in [2.05, 4.69) is 14.8 Å². The highest BCUT2D eigenvalue weighted by molar-refractivity contribution is 7.89. The Balaban J connectivity index is 2.13. The highest BCUT2D eigenvalue weighted by atomic mass is 32.2. The number of hydrogen-bond acceptors (Lipinski definition) is 7. The van der Waals surface area contributed by atoms with Gasteiger partial charge in [-0.1, -0.05) is 0 Å². The molecule has 2 aromatic heterocycles. The predicted octanol–water partition coefficient (Wildman–Crippen LogP) is 0.364. The molecule has 116 valence electrons. The van der Waals surface area contributed by atoms with Crippen molar-refractivity contribution in [3.63, 3.8) is 0 Å². The van der Waals surface area contributed by atoms with Crippen molar-refractivity contribution in [1.29, 1.82) is 0 Å². The molecule has 0 aromatic carbocycles. The molecule has 0 saturated heterocycles. The van der Waals surface area contributed by atoms with E-state index in [1.165, 1.54) is 14.1 Å². The molecule has 0 atom stereocenters. The molecule has 0 unspecified atom stereocenters. The zero-order valence-corrected chi connectivity index (χ0v) is 13.7. The average Bonchev–Trinajstić information content (AvgIpc) is 2.97. The Morgan fingerprint density at radius 1 is 1.48 bits per heavy atom. The van der Waals surface area contributed by atoms with Gasteiger partial charge in [-0.15, -0.1) is 0 Å². The fourth-order valence-corrected chi connectivity index (χ4v) is 3.89. The largest absolute Gasteiger partial charge is 0.382 e. The Morgan fingerprint density at radius 2 is 2.19 bits per heavy atom. The van der Waals surface area contributed by atoms with E-state index in [1.54, 1.807) is 10.9 Å². The van der Waals surface area contributed by atoms with Crippen LogP contribution in [0.2, 0.25) is 0 Å². The SMILES string of the molecule is CN(C)S(=O)(=O)c1c(N)nsc1NCCc1ccnn1C. The third-order valence-electron chi connectivity index (χ3n) is 3.00. The lowest BCUT2D eigenvalue weighted by atomic mass is 10.3. The maximum Gasteiger partial charge on any atom is 0.249 e. The summed E-state index contributed by atoms with van der Waals surface area (Å²) in [5.74, 6) is 0.0248. The molecule has 0 spiro atoms. The lowest BCUT2D eigenvalue weighted by Crippen LogP contribution is -2.23. The highest BCUT2D eigenvalue weighted by Crippen LogP contribution is 2.32. The number of nitrogen functional groups attached to an aromatic ring is 1. The van der Waals surface area contributed by atoms with Gasteiger partial charge in [0.15, 0.2) is 10.7 Å². The molecule has 8 nitrogen and oxygen atoms in total. The lowest BCUT2D eigenvalue weighted by molar-refractivity contribution is 0.521. The van der Waals surface area contributed by atoms with Crippen molar-refractivity contribution in [3.05, 3.63) is 18.0 Å². The van der Waals surface area contributed by atoms with Gasteiger partial charge in [-0.25, -0.2) is 12.7 Å². The number of hydrogen-bond donors (Lipinski definition) is 2. The molecule has 21 heavy (non-hydrogen) atoms. The molecule has 2 rings (SSSR count). The van der Waals surface area contributed by atoms with Crippen LogP contribution in [0.5, 0.6) is 0 Å². The first-order valence-electron chi connectivity index (χ1n) is 6.22. The standard InChI is InChI=1S/C11H18N6O2S2/c1-16(2)21(18,19)9-10(12)15-20-11(9)13-6-4-8-5-7-14-17(8)3/h5,7,13H,4,6H2,1-3H3,(H2,12,15). The maximum absolute atomic E-state index is 12.2. The van der Waals surface area contributed by atoms with Gasteiger partial charge in [0, 0.05) is 46.0 Å². The summed E-state index contributed by atoms with van der Waals surface area (Å²) in [6.45, 7) is 0.567. The van der Waals surface area contributed by atoms with Crippen molar-refractivity contribution in [2.75, 3.05) is 31.7 Å². The van der Waals surface area contributed by atoms with Crippen LogP contribution < -0.4 is 11.1 Å². The van der Waals surface area contributed by atoms with Gasteiger partial charge in [-0.3, -0.25) is 4.68 Å². The zero-order valence-electron chi connectivity index (χ0n) is 12.1. The molecular formula is C11H18N6O2S2. The predicted molar refractivity (Wildman–Crippen MR) is 82.8 cm³/mol. The number of aromatic nitrogens is 3. The van der Waals surface area contributed by atoms with Gasteiger partial charge in [0.25, 0.3) is 0 Å². The van der Waals surface area contributed by atoms with Crippen molar-refractivity contribution in [2.24, 2.45) is 7.05 Å². The molecule has 0 amide bonds. The van der Waals surface area contributed by atoms with E-state index in [-0.39, 0.29) is 10.7 Å². The smallest absolute Gasteiger partial charge is 0.249 e. The van der Waals surface area contributed by atoms with Crippen molar-refractivity contribution in [3.8, 4) is 0 Å². The Bertz CT molecular complexity index is 719. The first kappa shape index (κ1) is 15.7. The van der Waals surface area contributed by atoms with Gasteiger partial charge in [-0.05, 0) is 17.6 Å². The Hall–Kier alpha value is -1.65. The summed E-state index contributed by atoms with van der Waals surface area (Å²) in [6.07, 6.45) is 2.44. The van der Waals surface area contributed by atoms with E-state index in [1.807, 2.05) is 13.1 Å². The zero-order chi connectivity index (χ0) is 15.6. The molecule has 2 aromatic rings. The number of nitrogens with zero attached hydrogens (tertiary/aromatic N) is 4. The van der Waals surface area contributed by atoms with Gasteiger partial charge in [0.05, 0.1) is 0 Å². The van der Waals surface area contributed by atoms with Crippen LogP contribution in [-0.4, -0.2) is 47.5 Å². The molecule has 0 aliphatic rings. The fourth-order valence-electron chi connectivity index (χ4n) is 1.79. The summed E-state index contributed by atoms with van der Waals surface area (Å²) < 4.78 is 31.3. The molecule has 0 fully saturated rings. The quantitative estimate of drug-likeness (QED) is 0.792. The lowest BCUT2D eigenvalue weighted by Gasteiger charge is -2.12. The number of anilines is 2. The molecule has 10 heteroatoms. The molecule has 0 aliphatic carbocycles. The molecule has 0 saturated carbocycles. The second-order valence-electron chi connectivity index (χ2n) is 4.64. The summed E-state index contributed by atoms with van der Waals surface area (Å²) >= 11 is 1.05. The summed E-state index contributed by atoms with van der Waals surface area (Å²) in [7, 11) is 1.18. The average molecular weight is 330 g/mol. The normalized spacial score (nSPS) is 12.0. The number of sulfonamides is 1. The fraction of sp³-hybridized carbons (Fsp3) is 0.455. The van der Waals surface area contributed by atoms with Crippen LogP contribution in [-0.2, 0) is 23.5 Å². The Kier molecular flexibility index (Phi) is 4.49. The van der Waals surface area contributed by atoms with Crippen LogP contribution in [0.4, 0.5) is 10.8 Å². The van der Waals surface area contributed by atoms with Crippen molar-refractivity contribution < 1.29 is 8.42 Å². The van der Waals surface area contributed by atoms with Crippen LogP contribution in [0, 0.1) is 0 Å². The topological polar surface area (TPSA) is 106 Å². The van der Waals surface area contributed by atoms with Gasteiger partial charge >= 0.3 is 0 Å². The third kappa shape index (κ3) is 3.17. The van der Waals surface area contributed by atoms with Crippen LogP contribution >= 0.6 is 11.5 Å². The van der Waals surface area contributed by atoms with Gasteiger partial charge in [0.2, 0.25) is 10.0 Å². The van der Waals surface area contributed by atoms with Crippen LogP contribution in [0.3, 0.4) is 0 Å². The minimum Gasteiger partial charge on any atom is -0.382 e. The molecular weight excluding hydrogens is 312 g/mol. The number of aryl methyl sites for hydroxylation is 1. The Morgan fingerprint density at radius 3 is 2.76 bits per heavy atom. The summed E-state index contributed by atoms with van der Waals surface area (Å²) in [6, 6.07) is 1.92. The number of rotatable bonds is 6. The van der Waals surface area contributed by atoms with Gasteiger partial charge in [0.1, 0.15) is 5.00 Å². The van der Waals surface area contributed by atoms with E-state index < -0.39 is 10.0 Å². The van der Waals surface area contributed by atoms with Crippen LogP contribution in [0.25, 0.3) is 0 Å². The second-order valence-corrected chi connectivity index (χ2v) is 7.50. The molecule has 0 bridgehead atoms. The van der Waals surface area contributed by atoms with Crippen molar-refractivity contribution in [1.82, 2.24) is 18.5 Å². The minimum atomic E-state index is -3.61. The highest BCUT2D eigenvalue weighted by Gasteiger charge is 2.27. The third-order valence-corrected chi connectivity index (χ3v) is 5.84. The molecule has 3 N–H and O–H groups in total. The monoisotopic (exact) mass is 330 g/mol. The van der Waals surface area contributed by atoms with Crippen molar-refractivity contribution in [2.45, 2.75) is 11.3 Å². The van der Waals surface area contributed by atoms with Crippen LogP contribution in [0.15, 0.2) is 17.2 Å². The summed E-state index contributed by atoms with van der Waals surface area (Å²) in [4.78, 5) is 0.0440. The van der Waals surface area contributed by atoms with E-state index >= 15 is 0 Å². The minimum absolute atomic E-state index is 0.0248. The number of nitrogens with two attached hydrogens (primary N) is 1. The van der Waals surface area contributed by atoms with E-state index in [0.29, 0.717) is 11.5 Å². The Labute approximate surface area is 127 Å². The first-order valence-corrected chi connectivity index (χ1v) is 8.44. The van der Waals surface area contributed by atoms with E-state index in [0.717, 1.165) is 28.0 Å². The second kappa shape index (κ2) is 6.00. The van der Waals surface area contributed by atoms with E-state index in [4.69, 9.17) is 5.73 Å². The molecule has 2 heterocycles. The maximum atomic E-state index is 12.2. The van der Waals surface area contributed by atoms with Crippen molar-refractivity contribution >= 4 is 32.4 Å². The number of nitrogens with one attached hydrogen (secondary N) is 1. The summed E-state index contributed by atoms with van der Waals surface area (Å²) in [5, 5.41) is 7.63. The van der Waals surface area contributed by atoms with Gasteiger partial charge in [-0.2, -0.15) is 9.47 Å². The van der Waals surface area contributed by atoms with E-state index in [9.17, 15) is 8.42 Å². The molecule has 0 radical (unpaired) electrons. The summed E-state index contributed by atoms with van der Waals surface area (Å²) in [5.41, 5.74) is 6.75. The van der Waals surface area contributed by atoms with Crippen LogP contribution in [0.1, 0.15) is 5.69 Å². The first-order chi connectivity index (χ1) is 9.84.